The van der Waals surface area contributed by atoms with E-state index in [9.17, 15) is 0 Å². The van der Waals surface area contributed by atoms with Gasteiger partial charge in [0.2, 0.25) is 0 Å². The summed E-state index contributed by atoms with van der Waals surface area (Å²) in [5.41, 5.74) is 7.13. The molecule has 0 aliphatic heterocycles. The zero-order valence-corrected chi connectivity index (χ0v) is 9.15. The lowest BCUT2D eigenvalue weighted by atomic mass is 9.79. The fourth-order valence-electron chi connectivity index (χ4n) is 2.13. The van der Waals surface area contributed by atoms with Gasteiger partial charge < -0.3 is 11.1 Å². The minimum Gasteiger partial charge on any atom is -0.329 e. The van der Waals surface area contributed by atoms with Crippen LogP contribution in [0.15, 0.2) is 30.3 Å². The van der Waals surface area contributed by atoms with Crippen molar-refractivity contribution in [2.75, 3.05) is 6.54 Å². The van der Waals surface area contributed by atoms with E-state index in [4.69, 9.17) is 5.73 Å². The van der Waals surface area contributed by atoms with E-state index in [1.165, 1.54) is 24.8 Å². The van der Waals surface area contributed by atoms with E-state index in [1.54, 1.807) is 0 Å². The predicted molar refractivity (Wildman–Crippen MR) is 63.5 cm³/mol. The van der Waals surface area contributed by atoms with Crippen LogP contribution in [0.25, 0.3) is 0 Å². The Morgan fingerprint density at radius 2 is 2.00 bits per heavy atom. The Bertz CT molecular complexity index is 280. The maximum atomic E-state index is 5.78. The van der Waals surface area contributed by atoms with E-state index in [2.05, 4.69) is 35.6 Å². The quantitative estimate of drug-likeness (QED) is 0.769. The van der Waals surface area contributed by atoms with Crippen LogP contribution in [0.4, 0.5) is 0 Å². The molecule has 1 aromatic carbocycles. The lowest BCUT2D eigenvalue weighted by Crippen LogP contribution is -2.44. The smallest absolute Gasteiger partial charge is 0.0221 e. The van der Waals surface area contributed by atoms with Crippen LogP contribution in [0.1, 0.15) is 24.8 Å². The lowest BCUT2D eigenvalue weighted by Gasteiger charge is -2.33. The van der Waals surface area contributed by atoms with Gasteiger partial charge in [0, 0.05) is 19.1 Å². The minimum atomic E-state index is 0.513. The summed E-state index contributed by atoms with van der Waals surface area (Å²) in [5, 5.41) is 3.56. The Morgan fingerprint density at radius 3 is 2.53 bits per heavy atom. The molecule has 2 heteroatoms. The molecule has 1 atom stereocenters. The fourth-order valence-corrected chi connectivity index (χ4v) is 2.13. The molecule has 1 aliphatic carbocycles. The van der Waals surface area contributed by atoms with Crippen LogP contribution in [0.2, 0.25) is 0 Å². The van der Waals surface area contributed by atoms with E-state index < -0.39 is 0 Å². The summed E-state index contributed by atoms with van der Waals surface area (Å²) in [7, 11) is 0. The highest BCUT2D eigenvalue weighted by Crippen LogP contribution is 2.29. The van der Waals surface area contributed by atoms with Crippen LogP contribution in [-0.2, 0) is 6.54 Å². The Morgan fingerprint density at radius 1 is 1.27 bits per heavy atom. The van der Waals surface area contributed by atoms with Gasteiger partial charge in [0.1, 0.15) is 0 Å². The first kappa shape index (κ1) is 10.7. The molecule has 1 aromatic rings. The summed E-state index contributed by atoms with van der Waals surface area (Å²) in [6.07, 6.45) is 4.08. The fraction of sp³-hybridized carbons (Fsp3) is 0.538. The molecule has 0 radical (unpaired) electrons. The van der Waals surface area contributed by atoms with E-state index >= 15 is 0 Å². The molecule has 82 valence electrons. The minimum absolute atomic E-state index is 0.513. The van der Waals surface area contributed by atoms with E-state index in [1.807, 2.05) is 0 Å². The molecular weight excluding hydrogens is 184 g/mol. The second-order valence-corrected chi connectivity index (χ2v) is 4.40. The maximum absolute atomic E-state index is 5.78. The normalized spacial score (nSPS) is 18.5. The molecule has 3 N–H and O–H groups in total. The van der Waals surface area contributed by atoms with Gasteiger partial charge >= 0.3 is 0 Å². The highest BCUT2D eigenvalue weighted by molar-refractivity contribution is 5.14. The maximum Gasteiger partial charge on any atom is 0.0221 e. The zero-order valence-electron chi connectivity index (χ0n) is 9.15. The first-order chi connectivity index (χ1) is 7.40. The van der Waals surface area contributed by atoms with Gasteiger partial charge in [-0.15, -0.1) is 0 Å². The molecular formula is C13H20N2. The van der Waals surface area contributed by atoms with Gasteiger partial charge in [0.15, 0.2) is 0 Å². The third-order valence-electron chi connectivity index (χ3n) is 3.38. The average Bonchev–Trinajstić information content (AvgIpc) is 2.23. The monoisotopic (exact) mass is 204 g/mol. The Balaban J connectivity index is 1.80. The third kappa shape index (κ3) is 2.80. The molecule has 0 aromatic heterocycles. The predicted octanol–water partition coefficient (Wildman–Crippen LogP) is 1.90. The summed E-state index contributed by atoms with van der Waals surface area (Å²) in [6, 6.07) is 11.0. The molecule has 0 spiro atoms. The second kappa shape index (κ2) is 5.29. The number of nitrogens with one attached hydrogen (secondary N) is 1. The summed E-state index contributed by atoms with van der Waals surface area (Å²) in [4.78, 5) is 0. The molecule has 15 heavy (non-hydrogen) atoms. The van der Waals surface area contributed by atoms with Gasteiger partial charge in [-0.2, -0.15) is 0 Å². The standard InChI is InChI=1S/C13H20N2/c14-9-13(12-7-4-8-12)15-10-11-5-2-1-3-6-11/h1-3,5-6,12-13,15H,4,7-10,14H2. The Kier molecular flexibility index (Phi) is 3.75. The largest absolute Gasteiger partial charge is 0.329 e. The molecule has 0 heterocycles. The van der Waals surface area contributed by atoms with Crippen molar-refractivity contribution in [2.45, 2.75) is 31.8 Å². The van der Waals surface area contributed by atoms with E-state index in [-0.39, 0.29) is 0 Å². The van der Waals surface area contributed by atoms with Crippen LogP contribution >= 0.6 is 0 Å². The summed E-state index contributed by atoms with van der Waals surface area (Å²) < 4.78 is 0. The van der Waals surface area contributed by atoms with Crippen molar-refractivity contribution in [3.63, 3.8) is 0 Å². The van der Waals surface area contributed by atoms with Gasteiger partial charge in [-0.25, -0.2) is 0 Å². The van der Waals surface area contributed by atoms with Crippen molar-refractivity contribution in [2.24, 2.45) is 11.7 Å². The van der Waals surface area contributed by atoms with Gasteiger partial charge in [-0.3, -0.25) is 0 Å². The van der Waals surface area contributed by atoms with Crippen LogP contribution in [0.3, 0.4) is 0 Å². The van der Waals surface area contributed by atoms with Crippen LogP contribution in [0.5, 0.6) is 0 Å². The molecule has 0 saturated heterocycles. The van der Waals surface area contributed by atoms with Crippen molar-refractivity contribution >= 4 is 0 Å². The first-order valence-electron chi connectivity index (χ1n) is 5.87. The molecule has 0 bridgehead atoms. The van der Waals surface area contributed by atoms with Crippen molar-refractivity contribution in [1.82, 2.24) is 5.32 Å². The van der Waals surface area contributed by atoms with Crippen molar-refractivity contribution in [1.29, 1.82) is 0 Å². The molecule has 1 aliphatic rings. The van der Waals surface area contributed by atoms with Crippen LogP contribution in [-0.4, -0.2) is 12.6 Å². The van der Waals surface area contributed by atoms with Crippen LogP contribution in [0, 0.1) is 5.92 Å². The second-order valence-electron chi connectivity index (χ2n) is 4.40. The summed E-state index contributed by atoms with van der Waals surface area (Å²) >= 11 is 0. The average molecular weight is 204 g/mol. The highest BCUT2D eigenvalue weighted by atomic mass is 14.9. The summed E-state index contributed by atoms with van der Waals surface area (Å²) in [6.45, 7) is 1.71. The summed E-state index contributed by atoms with van der Waals surface area (Å²) in [5.74, 6) is 0.818. The van der Waals surface area contributed by atoms with E-state index in [0.717, 1.165) is 19.0 Å². The van der Waals surface area contributed by atoms with Crippen molar-refractivity contribution in [3.05, 3.63) is 35.9 Å². The lowest BCUT2D eigenvalue weighted by molar-refractivity contribution is 0.231. The van der Waals surface area contributed by atoms with Crippen LogP contribution < -0.4 is 11.1 Å². The van der Waals surface area contributed by atoms with Crippen molar-refractivity contribution < 1.29 is 0 Å². The molecule has 1 fully saturated rings. The molecule has 1 saturated carbocycles. The van der Waals surface area contributed by atoms with Gasteiger partial charge in [0.05, 0.1) is 0 Å². The number of benzene rings is 1. The third-order valence-corrected chi connectivity index (χ3v) is 3.38. The molecule has 1 unspecified atom stereocenters. The Labute approximate surface area is 91.9 Å². The van der Waals surface area contributed by atoms with Gasteiger partial charge in [-0.1, -0.05) is 36.8 Å². The first-order valence-corrected chi connectivity index (χ1v) is 5.87. The van der Waals surface area contributed by atoms with Gasteiger partial charge in [0.25, 0.3) is 0 Å². The number of nitrogens with two attached hydrogens (primary N) is 1. The number of hydrogen-bond acceptors (Lipinski definition) is 2. The number of rotatable bonds is 5. The topological polar surface area (TPSA) is 38.0 Å². The molecule has 2 nitrogen and oxygen atoms in total. The van der Waals surface area contributed by atoms with Crippen molar-refractivity contribution in [3.8, 4) is 0 Å². The molecule has 0 amide bonds. The van der Waals surface area contributed by atoms with Gasteiger partial charge in [-0.05, 0) is 24.3 Å². The zero-order chi connectivity index (χ0) is 10.5. The number of hydrogen-bond donors (Lipinski definition) is 2. The van der Waals surface area contributed by atoms with E-state index in [0.29, 0.717) is 6.04 Å². The molecule has 2 rings (SSSR count). The highest BCUT2D eigenvalue weighted by Gasteiger charge is 2.25. The Hall–Kier alpha value is -0.860. The SMILES string of the molecule is NCC(NCc1ccccc1)C1CCC1.